The van der Waals surface area contributed by atoms with Crippen LogP contribution in [-0.2, 0) is 21.9 Å². The molecule has 0 amide bonds. The van der Waals surface area contributed by atoms with Gasteiger partial charge in [0.25, 0.3) is 5.97 Å². The normalized spacial score (nSPS) is 16.7. The van der Waals surface area contributed by atoms with E-state index < -0.39 is 27.1 Å². The Bertz CT molecular complexity index is 223. The summed E-state index contributed by atoms with van der Waals surface area (Å²) < 4.78 is 21.7. The molecule has 0 aromatic heterocycles. The average molecular weight is 268 g/mol. The lowest BCUT2D eigenvalue weighted by atomic mass is 10.9. The van der Waals surface area contributed by atoms with Crippen LogP contribution in [0, 0.1) is 0 Å². The summed E-state index contributed by atoms with van der Waals surface area (Å²) in [5, 5.41) is 0. The van der Waals surface area contributed by atoms with Gasteiger partial charge in [-0.1, -0.05) is 6.55 Å². The molecule has 0 aromatic carbocycles. The van der Waals surface area contributed by atoms with Gasteiger partial charge in [0, 0.05) is 20.6 Å². The summed E-state index contributed by atoms with van der Waals surface area (Å²) in [5.41, 5.74) is 0. The molecule has 0 rings (SSSR count). The number of hydrogen-bond donors (Lipinski definition) is 0. The smallest absolute Gasteiger partial charge is 0.475 e. The second-order valence-corrected chi connectivity index (χ2v) is 11.3. The van der Waals surface area contributed by atoms with E-state index in [0.717, 1.165) is 0 Å². The van der Waals surface area contributed by atoms with E-state index in [-0.39, 0.29) is 5.97 Å². The lowest BCUT2D eigenvalue weighted by molar-refractivity contribution is -0.135. The van der Waals surface area contributed by atoms with Gasteiger partial charge in [0.15, 0.2) is 9.76 Å². The zero-order valence-electron chi connectivity index (χ0n) is 10.2. The van der Waals surface area contributed by atoms with Crippen LogP contribution < -0.4 is 0 Å². The molecule has 8 heteroatoms. The average Bonchev–Trinajstić information content (AvgIpc) is 2.01. The lowest BCUT2D eigenvalue weighted by Gasteiger charge is -2.32. The molecule has 0 fully saturated rings. The van der Waals surface area contributed by atoms with Gasteiger partial charge in [-0.05, 0) is 13.1 Å². The van der Waals surface area contributed by atoms with Crippen molar-refractivity contribution in [3.05, 3.63) is 0 Å². The van der Waals surface area contributed by atoms with Crippen molar-refractivity contribution < 1.29 is 21.9 Å². The molecule has 1 atom stereocenters. The summed E-state index contributed by atoms with van der Waals surface area (Å²) in [4.78, 5) is 11.0. The Balaban J connectivity index is 4.56. The Labute approximate surface area is 95.6 Å². The van der Waals surface area contributed by atoms with Gasteiger partial charge in [-0.3, -0.25) is 4.79 Å². The Hall–Kier alpha value is 0.000649. The van der Waals surface area contributed by atoms with E-state index in [2.05, 4.69) is 0 Å². The van der Waals surface area contributed by atoms with Crippen LogP contribution in [0.5, 0.6) is 0 Å². The highest BCUT2D eigenvalue weighted by Crippen LogP contribution is 2.17. The largest absolute Gasteiger partial charge is 0.544 e. The SMILES string of the molecule is CO[Si](C)(C)O[Si](C)(O[SiH2]C)OC(C)=O. The molecule has 0 N–H and O–H groups in total. The van der Waals surface area contributed by atoms with Crippen LogP contribution >= 0.6 is 0 Å². The standard InChI is InChI=1S/C7H20O5Si3/c1-7(8)10-15(6,11-13-3)12-14(4,5)9-2/h13H2,1-6H3. The van der Waals surface area contributed by atoms with Gasteiger partial charge in [-0.15, -0.1) is 0 Å². The number of carbonyl (C=O) groups is 1. The maximum Gasteiger partial charge on any atom is 0.544 e. The third kappa shape index (κ3) is 6.22. The Morgan fingerprint density at radius 1 is 1.27 bits per heavy atom. The summed E-state index contributed by atoms with van der Waals surface area (Å²) >= 11 is 0. The molecule has 0 spiro atoms. The van der Waals surface area contributed by atoms with Gasteiger partial charge in [0.2, 0.25) is 0 Å². The fraction of sp³-hybridized carbons (Fsp3) is 0.857. The summed E-state index contributed by atoms with van der Waals surface area (Å²) in [6.07, 6.45) is 0. The first-order valence-corrected chi connectivity index (χ1v) is 11.9. The van der Waals surface area contributed by atoms with Gasteiger partial charge in [0.05, 0.1) is 0 Å². The molecule has 0 bridgehead atoms. The predicted octanol–water partition coefficient (Wildman–Crippen LogP) is 0.631. The second kappa shape index (κ2) is 5.92. The van der Waals surface area contributed by atoms with Crippen LogP contribution in [-0.4, -0.2) is 40.2 Å². The summed E-state index contributed by atoms with van der Waals surface area (Å²) in [7, 11) is -4.14. The molecule has 0 aromatic rings. The lowest BCUT2D eigenvalue weighted by Crippen LogP contribution is -2.53. The van der Waals surface area contributed by atoms with Gasteiger partial charge in [-0.25, -0.2) is 0 Å². The molecular formula is C7H20O5Si3. The zero-order valence-corrected chi connectivity index (χ0v) is 13.7. The zero-order chi connectivity index (χ0) is 12.1. The molecule has 0 aliphatic carbocycles. The first kappa shape index (κ1) is 15.0. The van der Waals surface area contributed by atoms with Crippen molar-refractivity contribution in [3.63, 3.8) is 0 Å². The quantitative estimate of drug-likeness (QED) is 0.662. The van der Waals surface area contributed by atoms with Gasteiger partial charge in [-0.2, -0.15) is 0 Å². The van der Waals surface area contributed by atoms with Crippen LogP contribution in [0.2, 0.25) is 26.2 Å². The van der Waals surface area contributed by atoms with E-state index in [4.69, 9.17) is 17.1 Å². The number of hydrogen-bond acceptors (Lipinski definition) is 5. The maximum atomic E-state index is 11.0. The molecule has 1 unspecified atom stereocenters. The van der Waals surface area contributed by atoms with Crippen molar-refractivity contribution in [2.24, 2.45) is 0 Å². The minimum Gasteiger partial charge on any atom is -0.475 e. The van der Waals surface area contributed by atoms with Crippen LogP contribution in [0.25, 0.3) is 0 Å². The Morgan fingerprint density at radius 3 is 2.13 bits per heavy atom. The van der Waals surface area contributed by atoms with E-state index in [1.165, 1.54) is 6.92 Å². The molecule has 15 heavy (non-hydrogen) atoms. The van der Waals surface area contributed by atoms with Crippen molar-refractivity contribution >= 4 is 33.1 Å². The number of carbonyl (C=O) groups excluding carboxylic acids is 1. The molecule has 0 aliphatic rings. The third-order valence-electron chi connectivity index (χ3n) is 1.66. The van der Waals surface area contributed by atoms with Crippen molar-refractivity contribution in [2.45, 2.75) is 33.1 Å². The van der Waals surface area contributed by atoms with E-state index in [1.807, 2.05) is 19.6 Å². The topological polar surface area (TPSA) is 54.0 Å². The molecule has 5 nitrogen and oxygen atoms in total. The molecule has 0 heterocycles. The molecule has 0 saturated heterocycles. The Morgan fingerprint density at radius 2 is 1.80 bits per heavy atom. The minimum atomic E-state index is -2.82. The highest BCUT2D eigenvalue weighted by molar-refractivity contribution is 6.78. The molecular weight excluding hydrogens is 248 g/mol. The summed E-state index contributed by atoms with van der Waals surface area (Å²) in [5.74, 6) is -0.368. The highest BCUT2D eigenvalue weighted by Gasteiger charge is 2.44. The van der Waals surface area contributed by atoms with E-state index in [9.17, 15) is 4.79 Å². The molecule has 0 saturated carbocycles. The third-order valence-corrected chi connectivity index (χ3v) is 10.0. The highest BCUT2D eigenvalue weighted by atomic mass is 28.5. The van der Waals surface area contributed by atoms with Crippen molar-refractivity contribution in [1.82, 2.24) is 0 Å². The molecule has 90 valence electrons. The van der Waals surface area contributed by atoms with E-state index >= 15 is 0 Å². The van der Waals surface area contributed by atoms with Crippen molar-refractivity contribution in [3.8, 4) is 0 Å². The maximum absolute atomic E-state index is 11.0. The summed E-state index contributed by atoms with van der Waals surface area (Å²) in [6.45, 7) is 8.85. The molecule has 0 radical (unpaired) electrons. The number of rotatable bonds is 6. The summed E-state index contributed by atoms with van der Waals surface area (Å²) in [6, 6.07) is 0. The molecule has 0 aliphatic heterocycles. The van der Waals surface area contributed by atoms with Gasteiger partial charge >= 0.3 is 17.4 Å². The predicted molar refractivity (Wildman–Crippen MR) is 64.5 cm³/mol. The van der Waals surface area contributed by atoms with Crippen molar-refractivity contribution in [2.75, 3.05) is 7.11 Å². The van der Waals surface area contributed by atoms with E-state index in [1.54, 1.807) is 13.7 Å². The fourth-order valence-electron chi connectivity index (χ4n) is 1.09. The van der Waals surface area contributed by atoms with Crippen LogP contribution in [0.3, 0.4) is 0 Å². The first-order chi connectivity index (χ1) is 6.74. The second-order valence-electron chi connectivity index (χ2n) is 3.60. The fourth-order valence-corrected chi connectivity index (χ4v) is 8.78. The first-order valence-electron chi connectivity index (χ1n) is 4.83. The van der Waals surface area contributed by atoms with Crippen molar-refractivity contribution in [1.29, 1.82) is 0 Å². The Kier molecular flexibility index (Phi) is 5.92. The van der Waals surface area contributed by atoms with Gasteiger partial charge < -0.3 is 17.1 Å². The van der Waals surface area contributed by atoms with E-state index in [0.29, 0.717) is 0 Å². The van der Waals surface area contributed by atoms with Crippen LogP contribution in [0.1, 0.15) is 6.92 Å². The monoisotopic (exact) mass is 268 g/mol. The van der Waals surface area contributed by atoms with Crippen LogP contribution in [0.4, 0.5) is 0 Å². The minimum absolute atomic E-state index is 0.368. The van der Waals surface area contributed by atoms with Crippen LogP contribution in [0.15, 0.2) is 0 Å². The van der Waals surface area contributed by atoms with Gasteiger partial charge in [0.1, 0.15) is 0 Å².